The third-order valence-electron chi connectivity index (χ3n) is 8.19. The minimum absolute atomic E-state index is 0.0405. The molecule has 3 aliphatic rings. The number of hydrogen-bond donors (Lipinski definition) is 1. The second-order valence-corrected chi connectivity index (χ2v) is 11.9. The van der Waals surface area contributed by atoms with E-state index in [1.165, 1.54) is 6.08 Å². The lowest BCUT2D eigenvalue weighted by Gasteiger charge is -2.43. The average molecular weight is 505 g/mol. The Labute approximate surface area is 215 Å². The van der Waals surface area contributed by atoms with Crippen LogP contribution in [0.2, 0.25) is 0 Å². The fourth-order valence-corrected chi connectivity index (χ4v) is 6.71. The van der Waals surface area contributed by atoms with Crippen molar-refractivity contribution in [1.82, 2.24) is 9.80 Å². The van der Waals surface area contributed by atoms with Crippen molar-refractivity contribution in [3.05, 3.63) is 25.3 Å². The van der Waals surface area contributed by atoms with Crippen LogP contribution in [0.15, 0.2) is 25.3 Å². The Hall–Kier alpha value is -2.19. The lowest BCUT2D eigenvalue weighted by Crippen LogP contribution is -2.61. The Morgan fingerprint density at radius 3 is 2.44 bits per heavy atom. The summed E-state index contributed by atoms with van der Waals surface area (Å²) in [6.45, 7) is 19.3. The topological polar surface area (TPSA) is 96.4 Å². The molecule has 3 aliphatic heterocycles. The molecule has 6 atom stereocenters. The van der Waals surface area contributed by atoms with Crippen molar-refractivity contribution in [1.29, 1.82) is 0 Å². The maximum atomic E-state index is 14.4. The van der Waals surface area contributed by atoms with Crippen molar-refractivity contribution in [2.24, 2.45) is 17.8 Å². The molecule has 0 aromatic heterocycles. The van der Waals surface area contributed by atoms with Gasteiger partial charge < -0.3 is 24.4 Å². The second-order valence-electron chi connectivity index (χ2n) is 11.9. The van der Waals surface area contributed by atoms with Gasteiger partial charge in [0.1, 0.15) is 24.2 Å². The van der Waals surface area contributed by atoms with Crippen LogP contribution in [0.25, 0.3) is 0 Å². The molecule has 0 aromatic carbocycles. The minimum atomic E-state index is -1.16. The predicted molar refractivity (Wildman–Crippen MR) is 137 cm³/mol. The minimum Gasteiger partial charge on any atom is -0.461 e. The van der Waals surface area contributed by atoms with Crippen LogP contribution in [0.4, 0.5) is 0 Å². The summed E-state index contributed by atoms with van der Waals surface area (Å²) in [7, 11) is 0. The molecule has 0 radical (unpaired) electrons. The molecule has 3 rings (SSSR count). The fraction of sp³-hybridized carbons (Fsp3) is 0.750. The van der Waals surface area contributed by atoms with E-state index in [0.29, 0.717) is 32.2 Å². The number of rotatable bonds is 11. The molecule has 2 amide bonds. The van der Waals surface area contributed by atoms with E-state index in [1.807, 2.05) is 41.5 Å². The Bertz CT molecular complexity index is 895. The number of aliphatic hydroxyl groups excluding tert-OH is 1. The van der Waals surface area contributed by atoms with Crippen molar-refractivity contribution in [2.45, 2.75) is 96.1 Å². The number of carbonyl (C=O) groups excluding carboxylic acids is 3. The number of aliphatic hydroxyl groups is 1. The zero-order chi connectivity index (χ0) is 27.1. The van der Waals surface area contributed by atoms with E-state index < -0.39 is 46.6 Å². The molecule has 3 saturated heterocycles. The molecule has 2 bridgehead atoms. The molecule has 0 aliphatic carbocycles. The van der Waals surface area contributed by atoms with Crippen LogP contribution < -0.4 is 0 Å². The van der Waals surface area contributed by atoms with E-state index >= 15 is 0 Å². The maximum Gasteiger partial charge on any atom is 0.313 e. The molecule has 36 heavy (non-hydrogen) atoms. The van der Waals surface area contributed by atoms with Gasteiger partial charge in [0.05, 0.1) is 24.2 Å². The first kappa shape index (κ1) is 28.4. The Morgan fingerprint density at radius 1 is 1.28 bits per heavy atom. The summed E-state index contributed by atoms with van der Waals surface area (Å²) in [5, 5.41) is 10.4. The summed E-state index contributed by atoms with van der Waals surface area (Å²) in [4.78, 5) is 45.3. The molecule has 3 heterocycles. The van der Waals surface area contributed by atoms with Gasteiger partial charge in [-0.05, 0) is 52.4 Å². The number of hydrogen-bond acceptors (Lipinski definition) is 6. The van der Waals surface area contributed by atoms with E-state index in [1.54, 1.807) is 15.9 Å². The molecular weight excluding hydrogens is 460 g/mol. The van der Waals surface area contributed by atoms with E-state index in [9.17, 15) is 19.5 Å². The molecular formula is C28H44N2O6. The highest BCUT2D eigenvalue weighted by molar-refractivity contribution is 5.99. The molecule has 3 fully saturated rings. The van der Waals surface area contributed by atoms with Crippen LogP contribution in [0.1, 0.15) is 67.2 Å². The molecule has 202 valence electrons. The van der Waals surface area contributed by atoms with Crippen LogP contribution in [0.5, 0.6) is 0 Å². The molecule has 1 N–H and O–H groups in total. The SMILES string of the molecule is C=CCOC(=O)[C@H]1[C@H]2C(=O)N([C@@H](CO)CC(C)C)C(C(=O)N(CC=C)C(C)(C)C)C23CC[C@]1(CC)O3. The first-order chi connectivity index (χ1) is 16.8. The molecule has 8 nitrogen and oxygen atoms in total. The van der Waals surface area contributed by atoms with Crippen molar-refractivity contribution in [3.63, 3.8) is 0 Å². The second kappa shape index (κ2) is 10.3. The van der Waals surface area contributed by atoms with Gasteiger partial charge in [0.2, 0.25) is 11.8 Å². The molecule has 2 unspecified atom stereocenters. The third-order valence-corrected chi connectivity index (χ3v) is 8.19. The van der Waals surface area contributed by atoms with Crippen LogP contribution in [0, 0.1) is 17.8 Å². The standard InChI is InChI=1S/C28H44N2O6/c1-9-14-29(26(6,7)8)24(33)22-28-13-12-27(11-3,36-28)21(25(34)35-15-10-2)20(28)23(32)30(22)19(17-31)16-18(4)5/h9-10,18-22,31H,1-2,11-17H2,3-8H3/t19-,20+,21-,22?,27+,28?/m1/s1. The van der Waals surface area contributed by atoms with Crippen molar-refractivity contribution < 1.29 is 29.0 Å². The van der Waals surface area contributed by atoms with Gasteiger partial charge in [-0.1, -0.05) is 39.5 Å². The Morgan fingerprint density at radius 2 is 1.94 bits per heavy atom. The zero-order valence-electron chi connectivity index (χ0n) is 22.8. The molecule has 0 aromatic rings. The van der Waals surface area contributed by atoms with Crippen molar-refractivity contribution in [2.75, 3.05) is 19.8 Å². The van der Waals surface area contributed by atoms with Crippen LogP contribution >= 0.6 is 0 Å². The first-order valence-corrected chi connectivity index (χ1v) is 13.2. The van der Waals surface area contributed by atoms with Crippen LogP contribution in [-0.4, -0.2) is 81.3 Å². The van der Waals surface area contributed by atoms with Crippen molar-refractivity contribution >= 4 is 17.8 Å². The Balaban J connectivity index is 2.19. The quantitative estimate of drug-likeness (QED) is 0.343. The van der Waals surface area contributed by atoms with E-state index in [4.69, 9.17) is 9.47 Å². The number of amides is 2. The normalized spacial score (nSPS) is 31.9. The van der Waals surface area contributed by atoms with Gasteiger partial charge in [-0.15, -0.1) is 6.58 Å². The highest BCUT2D eigenvalue weighted by Gasteiger charge is 2.79. The number of carbonyl (C=O) groups is 3. The summed E-state index contributed by atoms with van der Waals surface area (Å²) in [5.74, 6) is -2.52. The zero-order valence-corrected chi connectivity index (χ0v) is 22.8. The van der Waals surface area contributed by atoms with E-state index in [2.05, 4.69) is 13.2 Å². The van der Waals surface area contributed by atoms with Gasteiger partial charge >= 0.3 is 5.97 Å². The average Bonchev–Trinajstić information content (AvgIpc) is 3.41. The first-order valence-electron chi connectivity index (χ1n) is 13.2. The lowest BCUT2D eigenvalue weighted by molar-refractivity contribution is -0.164. The summed E-state index contributed by atoms with van der Waals surface area (Å²) in [6, 6.07) is -1.52. The fourth-order valence-electron chi connectivity index (χ4n) is 6.71. The number of likely N-dealkylation sites (tertiary alicyclic amines) is 1. The summed E-state index contributed by atoms with van der Waals surface area (Å²) in [5.41, 5.74) is -2.55. The van der Waals surface area contributed by atoms with E-state index in [-0.39, 0.29) is 30.9 Å². The summed E-state index contributed by atoms with van der Waals surface area (Å²) >= 11 is 0. The van der Waals surface area contributed by atoms with Gasteiger partial charge in [0.15, 0.2) is 0 Å². The largest absolute Gasteiger partial charge is 0.461 e. The smallest absolute Gasteiger partial charge is 0.313 e. The van der Waals surface area contributed by atoms with Gasteiger partial charge in [-0.3, -0.25) is 14.4 Å². The Kier molecular flexibility index (Phi) is 8.11. The highest BCUT2D eigenvalue weighted by Crippen LogP contribution is 2.65. The summed E-state index contributed by atoms with van der Waals surface area (Å²) < 4.78 is 12.2. The molecule has 1 spiro atoms. The van der Waals surface area contributed by atoms with Gasteiger partial charge in [-0.25, -0.2) is 0 Å². The highest BCUT2D eigenvalue weighted by atomic mass is 16.6. The van der Waals surface area contributed by atoms with Crippen molar-refractivity contribution in [3.8, 4) is 0 Å². The van der Waals surface area contributed by atoms with Gasteiger partial charge in [0, 0.05) is 12.1 Å². The van der Waals surface area contributed by atoms with Crippen LogP contribution in [-0.2, 0) is 23.9 Å². The maximum absolute atomic E-state index is 14.4. The van der Waals surface area contributed by atoms with Gasteiger partial charge in [-0.2, -0.15) is 0 Å². The lowest BCUT2D eigenvalue weighted by atomic mass is 9.65. The predicted octanol–water partition coefficient (Wildman–Crippen LogP) is 3.09. The number of esters is 1. The molecule has 8 heteroatoms. The number of nitrogens with zero attached hydrogens (tertiary/aromatic N) is 2. The molecule has 0 saturated carbocycles. The van der Waals surface area contributed by atoms with E-state index in [0.717, 1.165) is 0 Å². The number of ether oxygens (including phenoxy) is 2. The third kappa shape index (κ3) is 4.40. The van der Waals surface area contributed by atoms with Gasteiger partial charge in [0.25, 0.3) is 0 Å². The van der Waals surface area contributed by atoms with Crippen LogP contribution in [0.3, 0.4) is 0 Å². The monoisotopic (exact) mass is 504 g/mol. The number of fused-ring (bicyclic) bond motifs is 1. The summed E-state index contributed by atoms with van der Waals surface area (Å²) in [6.07, 6.45) is 5.27.